The van der Waals surface area contributed by atoms with E-state index in [1.807, 2.05) is 37.4 Å². The maximum absolute atomic E-state index is 12.9. The van der Waals surface area contributed by atoms with Crippen LogP contribution in [0.1, 0.15) is 23.4 Å². The second-order valence-electron chi connectivity index (χ2n) is 5.50. The second-order valence-corrected chi connectivity index (χ2v) is 7.32. The van der Waals surface area contributed by atoms with E-state index in [1.54, 1.807) is 23.5 Å². The minimum absolute atomic E-state index is 0.182. The minimum Gasteiger partial charge on any atom is -0.350 e. The minimum atomic E-state index is -0.266. The van der Waals surface area contributed by atoms with Gasteiger partial charge in [0, 0.05) is 21.3 Å². The number of carbonyl (C=O) groups excluding carboxylic acids is 1. The number of nitrogens with one attached hydrogen (secondary N) is 3. The van der Waals surface area contributed by atoms with E-state index >= 15 is 0 Å². The van der Waals surface area contributed by atoms with Crippen molar-refractivity contribution >= 4 is 51.9 Å². The van der Waals surface area contributed by atoms with E-state index in [-0.39, 0.29) is 11.9 Å². The molecule has 2 aromatic rings. The van der Waals surface area contributed by atoms with Gasteiger partial charge in [-0.25, -0.2) is 0 Å². The van der Waals surface area contributed by atoms with Crippen LogP contribution < -0.4 is 16.0 Å². The first-order chi connectivity index (χ1) is 11.5. The van der Waals surface area contributed by atoms with Gasteiger partial charge >= 0.3 is 0 Å². The molecule has 1 aromatic heterocycles. The molecule has 1 atom stereocenters. The van der Waals surface area contributed by atoms with Gasteiger partial charge in [-0.1, -0.05) is 23.7 Å². The molecule has 2 heterocycles. The van der Waals surface area contributed by atoms with E-state index in [9.17, 15) is 4.79 Å². The maximum Gasteiger partial charge on any atom is 0.255 e. The van der Waals surface area contributed by atoms with Gasteiger partial charge in [-0.2, -0.15) is 0 Å². The van der Waals surface area contributed by atoms with Crippen LogP contribution in [0.2, 0.25) is 5.02 Å². The van der Waals surface area contributed by atoms with Gasteiger partial charge in [0.25, 0.3) is 5.91 Å². The van der Waals surface area contributed by atoms with Gasteiger partial charge < -0.3 is 16.0 Å². The van der Waals surface area contributed by atoms with Gasteiger partial charge in [0.2, 0.25) is 0 Å². The standard InChI is InChI=1S/C17H16ClN3OS2/c1-9-5-6-11(18)8-12(9)20-16(22)14-10(2)19-17(23)21-15(14)13-4-3-7-24-13/h3-8,15H,1-2H3,(H,20,22)(H2,19,21,23)/t15-/m0/s1. The number of anilines is 1. The van der Waals surface area contributed by atoms with Crippen LogP contribution in [0.3, 0.4) is 0 Å². The van der Waals surface area contributed by atoms with Crippen molar-refractivity contribution < 1.29 is 4.79 Å². The smallest absolute Gasteiger partial charge is 0.255 e. The zero-order valence-corrected chi connectivity index (χ0v) is 15.5. The van der Waals surface area contributed by atoms with Crippen molar-refractivity contribution in [3.8, 4) is 0 Å². The van der Waals surface area contributed by atoms with E-state index in [4.69, 9.17) is 23.8 Å². The molecule has 0 fully saturated rings. The van der Waals surface area contributed by atoms with Crippen molar-refractivity contribution in [1.29, 1.82) is 0 Å². The van der Waals surface area contributed by atoms with Crippen molar-refractivity contribution in [2.24, 2.45) is 0 Å². The van der Waals surface area contributed by atoms with Crippen molar-refractivity contribution in [3.63, 3.8) is 0 Å². The van der Waals surface area contributed by atoms with Crippen LogP contribution in [-0.4, -0.2) is 11.0 Å². The Bertz CT molecular complexity index is 830. The van der Waals surface area contributed by atoms with E-state index in [2.05, 4.69) is 16.0 Å². The predicted molar refractivity (Wildman–Crippen MR) is 103 cm³/mol. The average Bonchev–Trinajstić information content (AvgIpc) is 3.04. The third-order valence-electron chi connectivity index (χ3n) is 3.79. The molecule has 1 aliphatic heterocycles. The highest BCUT2D eigenvalue weighted by Gasteiger charge is 2.30. The fourth-order valence-corrected chi connectivity index (χ4v) is 3.81. The Labute approximate surface area is 154 Å². The average molecular weight is 378 g/mol. The van der Waals surface area contributed by atoms with Crippen LogP contribution in [0.4, 0.5) is 5.69 Å². The number of benzene rings is 1. The lowest BCUT2D eigenvalue weighted by molar-refractivity contribution is -0.113. The molecule has 0 bridgehead atoms. The van der Waals surface area contributed by atoms with Crippen LogP contribution in [-0.2, 0) is 4.79 Å². The topological polar surface area (TPSA) is 53.2 Å². The van der Waals surface area contributed by atoms with E-state index in [0.29, 0.717) is 21.4 Å². The van der Waals surface area contributed by atoms with E-state index < -0.39 is 0 Å². The lowest BCUT2D eigenvalue weighted by atomic mass is 10.0. The summed E-state index contributed by atoms with van der Waals surface area (Å²) in [6.45, 7) is 3.78. The summed E-state index contributed by atoms with van der Waals surface area (Å²) < 4.78 is 0. The Balaban J connectivity index is 1.95. The van der Waals surface area contributed by atoms with Gasteiger partial charge in [0.15, 0.2) is 5.11 Å². The number of thiophene rings is 1. The lowest BCUT2D eigenvalue weighted by Gasteiger charge is -2.29. The fourth-order valence-electron chi connectivity index (χ4n) is 2.58. The molecule has 0 aliphatic carbocycles. The largest absolute Gasteiger partial charge is 0.350 e. The highest BCUT2D eigenvalue weighted by molar-refractivity contribution is 7.80. The Morgan fingerprint density at radius 2 is 2.12 bits per heavy atom. The molecule has 1 amide bonds. The monoisotopic (exact) mass is 377 g/mol. The second kappa shape index (κ2) is 6.93. The first kappa shape index (κ1) is 17.0. The zero-order chi connectivity index (χ0) is 17.3. The number of rotatable bonds is 3. The van der Waals surface area contributed by atoms with Crippen molar-refractivity contribution in [3.05, 3.63) is 62.4 Å². The van der Waals surface area contributed by atoms with Gasteiger partial charge in [-0.05, 0) is 55.2 Å². The van der Waals surface area contributed by atoms with E-state index in [1.165, 1.54) is 0 Å². The Morgan fingerprint density at radius 3 is 2.83 bits per heavy atom. The number of carbonyl (C=O) groups is 1. The molecule has 0 saturated carbocycles. The SMILES string of the molecule is CC1=C(C(=O)Nc2cc(Cl)ccc2C)[C@H](c2cccs2)NC(=S)N1. The summed E-state index contributed by atoms with van der Waals surface area (Å²) >= 11 is 12.9. The van der Waals surface area contributed by atoms with E-state index in [0.717, 1.165) is 16.1 Å². The zero-order valence-electron chi connectivity index (χ0n) is 13.1. The van der Waals surface area contributed by atoms with Gasteiger partial charge in [0.05, 0.1) is 11.6 Å². The number of halogens is 1. The molecular formula is C17H16ClN3OS2. The summed E-state index contributed by atoms with van der Waals surface area (Å²) in [6, 6.07) is 9.10. The van der Waals surface area contributed by atoms with Crippen molar-refractivity contribution in [1.82, 2.24) is 10.6 Å². The summed E-state index contributed by atoms with van der Waals surface area (Å²) in [6.07, 6.45) is 0. The highest BCUT2D eigenvalue weighted by atomic mass is 35.5. The third-order valence-corrected chi connectivity index (χ3v) is 5.18. The molecule has 0 unspecified atom stereocenters. The van der Waals surface area contributed by atoms with Crippen molar-refractivity contribution in [2.75, 3.05) is 5.32 Å². The summed E-state index contributed by atoms with van der Waals surface area (Å²) in [5.74, 6) is -0.182. The summed E-state index contributed by atoms with van der Waals surface area (Å²) in [5.41, 5.74) is 3.01. The summed E-state index contributed by atoms with van der Waals surface area (Å²) in [7, 11) is 0. The molecule has 3 N–H and O–H groups in total. The molecular weight excluding hydrogens is 362 g/mol. The first-order valence-corrected chi connectivity index (χ1v) is 9.01. The summed E-state index contributed by atoms with van der Waals surface area (Å²) in [4.78, 5) is 14.0. The quantitative estimate of drug-likeness (QED) is 0.703. The van der Waals surface area contributed by atoms with Crippen LogP contribution >= 0.6 is 35.2 Å². The number of allylic oxidation sites excluding steroid dienone is 1. The fraction of sp³-hybridized carbons (Fsp3) is 0.176. The molecule has 1 aliphatic rings. The number of thiocarbonyl (C=S) groups is 1. The number of hydrogen-bond donors (Lipinski definition) is 3. The van der Waals surface area contributed by atoms with Crippen LogP contribution in [0, 0.1) is 6.92 Å². The normalized spacial score (nSPS) is 17.3. The molecule has 124 valence electrons. The maximum atomic E-state index is 12.9. The Kier molecular flexibility index (Phi) is 4.89. The van der Waals surface area contributed by atoms with Crippen molar-refractivity contribution in [2.45, 2.75) is 19.9 Å². The number of amides is 1. The Hall–Kier alpha value is -1.89. The number of hydrogen-bond acceptors (Lipinski definition) is 3. The molecule has 0 saturated heterocycles. The van der Waals surface area contributed by atoms with Gasteiger partial charge in [0.1, 0.15) is 0 Å². The molecule has 7 heteroatoms. The molecule has 0 spiro atoms. The van der Waals surface area contributed by atoms with Gasteiger partial charge in [-0.15, -0.1) is 11.3 Å². The van der Waals surface area contributed by atoms with Gasteiger partial charge in [-0.3, -0.25) is 4.79 Å². The number of aryl methyl sites for hydroxylation is 1. The predicted octanol–water partition coefficient (Wildman–Crippen LogP) is 4.14. The molecule has 3 rings (SSSR count). The van der Waals surface area contributed by atoms with Crippen LogP contribution in [0.25, 0.3) is 0 Å². The van der Waals surface area contributed by atoms with Crippen LogP contribution in [0.5, 0.6) is 0 Å². The molecule has 24 heavy (non-hydrogen) atoms. The molecule has 1 aromatic carbocycles. The summed E-state index contributed by atoms with van der Waals surface area (Å²) in [5, 5.41) is 12.2. The first-order valence-electron chi connectivity index (χ1n) is 7.35. The third kappa shape index (κ3) is 3.45. The Morgan fingerprint density at radius 1 is 1.33 bits per heavy atom. The highest BCUT2D eigenvalue weighted by Crippen LogP contribution is 2.31. The lowest BCUT2D eigenvalue weighted by Crippen LogP contribution is -2.45. The van der Waals surface area contributed by atoms with Crippen LogP contribution in [0.15, 0.2) is 47.0 Å². The molecule has 4 nitrogen and oxygen atoms in total. The molecule has 0 radical (unpaired) electrons.